The first-order chi connectivity index (χ1) is 13.2. The molecule has 0 spiro atoms. The molecule has 0 saturated carbocycles. The number of hydrogen-bond donors (Lipinski definition) is 1. The van der Waals surface area contributed by atoms with Gasteiger partial charge in [0.25, 0.3) is 5.56 Å². The van der Waals surface area contributed by atoms with Gasteiger partial charge in [-0.3, -0.25) is 9.20 Å². The molecule has 27 heavy (non-hydrogen) atoms. The molecule has 0 unspecified atom stereocenters. The van der Waals surface area contributed by atoms with E-state index in [1.165, 1.54) is 27.4 Å². The molecule has 0 radical (unpaired) electrons. The van der Waals surface area contributed by atoms with Gasteiger partial charge in [-0.1, -0.05) is 46.9 Å². The van der Waals surface area contributed by atoms with Gasteiger partial charge in [-0.25, -0.2) is 4.98 Å². The molecule has 0 amide bonds. The minimum Gasteiger partial charge on any atom is -0.383 e. The number of para-hydroxylation sites is 2. The molecule has 2 N–H and O–H groups in total. The molecule has 0 aliphatic rings. The van der Waals surface area contributed by atoms with Crippen LogP contribution in [-0.4, -0.2) is 24.1 Å². The SMILES string of the molecule is Nc1c2c(=O)n3c(nc2nn1-c1nc2ccccc2s1)sc1ccccc13. The monoisotopic (exact) mass is 390 g/mol. The lowest BCUT2D eigenvalue weighted by atomic mass is 10.3. The summed E-state index contributed by atoms with van der Waals surface area (Å²) in [5.74, 6) is 0.256. The molecule has 6 rings (SSSR count). The second-order valence-electron chi connectivity index (χ2n) is 6.06. The van der Waals surface area contributed by atoms with Crippen molar-refractivity contribution in [2.24, 2.45) is 0 Å². The number of nitrogens with zero attached hydrogens (tertiary/aromatic N) is 5. The zero-order valence-corrected chi connectivity index (χ0v) is 15.3. The van der Waals surface area contributed by atoms with Gasteiger partial charge in [0.15, 0.2) is 10.6 Å². The van der Waals surface area contributed by atoms with Crippen LogP contribution in [0.1, 0.15) is 0 Å². The normalized spacial score (nSPS) is 12.0. The first-order valence-corrected chi connectivity index (χ1v) is 9.78. The molecular weight excluding hydrogens is 380 g/mol. The highest BCUT2D eigenvalue weighted by Crippen LogP contribution is 2.30. The van der Waals surface area contributed by atoms with Crippen LogP contribution in [0.2, 0.25) is 0 Å². The molecule has 7 nitrogen and oxygen atoms in total. The molecule has 0 saturated heterocycles. The van der Waals surface area contributed by atoms with E-state index in [0.717, 1.165) is 20.4 Å². The number of thiazole rings is 2. The van der Waals surface area contributed by atoms with E-state index < -0.39 is 0 Å². The van der Waals surface area contributed by atoms with Gasteiger partial charge in [-0.15, -0.1) is 5.10 Å². The maximum absolute atomic E-state index is 13.2. The van der Waals surface area contributed by atoms with Crippen LogP contribution in [0.25, 0.3) is 41.6 Å². The summed E-state index contributed by atoms with van der Waals surface area (Å²) >= 11 is 2.92. The van der Waals surface area contributed by atoms with Crippen molar-refractivity contribution in [3.63, 3.8) is 0 Å². The molecular formula is C18H10N6OS2. The fraction of sp³-hybridized carbons (Fsp3) is 0. The number of hydrogen-bond acceptors (Lipinski definition) is 7. The smallest absolute Gasteiger partial charge is 0.272 e. The lowest BCUT2D eigenvalue weighted by Gasteiger charge is -1.97. The zero-order valence-electron chi connectivity index (χ0n) is 13.7. The van der Waals surface area contributed by atoms with Crippen molar-refractivity contribution in [2.45, 2.75) is 0 Å². The summed E-state index contributed by atoms with van der Waals surface area (Å²) in [5, 5.41) is 5.41. The molecule has 130 valence electrons. The number of fused-ring (bicyclic) bond motifs is 5. The lowest BCUT2D eigenvalue weighted by Crippen LogP contribution is -2.14. The Kier molecular flexibility index (Phi) is 2.81. The van der Waals surface area contributed by atoms with Crippen molar-refractivity contribution in [2.75, 3.05) is 5.73 Å². The average molecular weight is 390 g/mol. The Morgan fingerprint density at radius 1 is 0.926 bits per heavy atom. The van der Waals surface area contributed by atoms with Crippen molar-refractivity contribution >= 4 is 64.9 Å². The summed E-state index contributed by atoms with van der Waals surface area (Å²) in [4.78, 5) is 22.9. The maximum Gasteiger partial charge on any atom is 0.272 e. The van der Waals surface area contributed by atoms with E-state index in [1.54, 1.807) is 4.40 Å². The summed E-state index contributed by atoms with van der Waals surface area (Å²) in [6.07, 6.45) is 0. The van der Waals surface area contributed by atoms with Gasteiger partial charge in [-0.05, 0) is 24.3 Å². The predicted octanol–water partition coefficient (Wildman–Crippen LogP) is 3.44. The van der Waals surface area contributed by atoms with Crippen molar-refractivity contribution in [3.8, 4) is 5.13 Å². The second-order valence-corrected chi connectivity index (χ2v) is 8.08. The van der Waals surface area contributed by atoms with Gasteiger partial charge >= 0.3 is 0 Å². The standard InChI is InChI=1S/C18H10N6OS2/c19-14-13-15(22-24(14)18-20-9-5-1-3-7-11(9)26-18)21-17-23(16(13)25)10-6-2-4-8-12(10)27-17/h1-8H,19H2. The number of benzene rings is 2. The minimum absolute atomic E-state index is 0.211. The molecule has 6 aromatic rings. The Balaban J connectivity index is 1.71. The van der Waals surface area contributed by atoms with Crippen molar-refractivity contribution in [1.82, 2.24) is 24.1 Å². The number of aromatic nitrogens is 5. The highest BCUT2D eigenvalue weighted by atomic mass is 32.1. The molecule has 0 aliphatic carbocycles. The molecule has 0 fully saturated rings. The molecule has 0 aliphatic heterocycles. The summed E-state index contributed by atoms with van der Waals surface area (Å²) in [7, 11) is 0. The van der Waals surface area contributed by atoms with Crippen LogP contribution in [0, 0.1) is 0 Å². The fourth-order valence-electron chi connectivity index (χ4n) is 3.25. The molecule has 0 atom stereocenters. The molecule has 4 heterocycles. The number of rotatable bonds is 1. The van der Waals surface area contributed by atoms with Crippen LogP contribution < -0.4 is 11.3 Å². The Morgan fingerprint density at radius 2 is 1.70 bits per heavy atom. The average Bonchev–Trinajstić information content (AvgIpc) is 3.34. The van der Waals surface area contributed by atoms with Crippen LogP contribution in [0.15, 0.2) is 53.3 Å². The van der Waals surface area contributed by atoms with Gasteiger partial charge in [0.05, 0.1) is 20.4 Å². The fourth-order valence-corrected chi connectivity index (χ4v) is 5.19. The largest absolute Gasteiger partial charge is 0.383 e. The Labute approximate surface area is 158 Å². The van der Waals surface area contributed by atoms with Gasteiger partial charge < -0.3 is 5.73 Å². The van der Waals surface area contributed by atoms with E-state index in [9.17, 15) is 4.79 Å². The summed E-state index contributed by atoms with van der Waals surface area (Å²) < 4.78 is 5.13. The topological polar surface area (TPSA) is 91.1 Å². The third kappa shape index (κ3) is 1.95. The zero-order chi connectivity index (χ0) is 18.1. The van der Waals surface area contributed by atoms with Gasteiger partial charge in [0.1, 0.15) is 11.2 Å². The van der Waals surface area contributed by atoms with E-state index in [-0.39, 0.29) is 11.4 Å². The molecule has 9 heteroatoms. The highest BCUT2D eigenvalue weighted by molar-refractivity contribution is 7.23. The third-order valence-corrected chi connectivity index (χ3v) is 6.52. The first-order valence-electron chi connectivity index (χ1n) is 8.15. The summed E-state index contributed by atoms with van der Waals surface area (Å²) in [5.41, 5.74) is 8.13. The van der Waals surface area contributed by atoms with Crippen molar-refractivity contribution < 1.29 is 0 Å². The summed E-state index contributed by atoms with van der Waals surface area (Å²) in [6, 6.07) is 15.5. The van der Waals surface area contributed by atoms with Crippen molar-refractivity contribution in [3.05, 3.63) is 58.9 Å². The van der Waals surface area contributed by atoms with Gasteiger partial charge in [0, 0.05) is 0 Å². The molecule has 2 aromatic carbocycles. The Morgan fingerprint density at radius 3 is 2.56 bits per heavy atom. The van der Waals surface area contributed by atoms with Crippen LogP contribution in [0.3, 0.4) is 0 Å². The van der Waals surface area contributed by atoms with E-state index in [0.29, 0.717) is 21.1 Å². The van der Waals surface area contributed by atoms with Crippen LogP contribution >= 0.6 is 22.7 Å². The minimum atomic E-state index is -0.211. The van der Waals surface area contributed by atoms with Crippen LogP contribution in [-0.2, 0) is 0 Å². The number of anilines is 1. The Hall–Kier alpha value is -3.30. The summed E-state index contributed by atoms with van der Waals surface area (Å²) in [6.45, 7) is 0. The van der Waals surface area contributed by atoms with E-state index >= 15 is 0 Å². The maximum atomic E-state index is 13.2. The lowest BCUT2D eigenvalue weighted by molar-refractivity contribution is 0.893. The van der Waals surface area contributed by atoms with E-state index in [2.05, 4.69) is 15.1 Å². The van der Waals surface area contributed by atoms with Gasteiger partial charge in [0.2, 0.25) is 5.13 Å². The molecule has 4 aromatic heterocycles. The number of nitrogens with two attached hydrogens (primary N) is 1. The van der Waals surface area contributed by atoms with Crippen LogP contribution in [0.5, 0.6) is 0 Å². The highest BCUT2D eigenvalue weighted by Gasteiger charge is 2.20. The molecule has 0 bridgehead atoms. The van der Waals surface area contributed by atoms with Gasteiger partial charge in [-0.2, -0.15) is 9.67 Å². The number of nitrogen functional groups attached to an aromatic ring is 1. The second kappa shape index (κ2) is 5.12. The Bertz CT molecular complexity index is 1540. The van der Waals surface area contributed by atoms with Crippen LogP contribution in [0.4, 0.5) is 5.82 Å². The quantitative estimate of drug-likeness (QED) is 0.464. The predicted molar refractivity (Wildman–Crippen MR) is 109 cm³/mol. The van der Waals surface area contributed by atoms with Crippen molar-refractivity contribution in [1.29, 1.82) is 0 Å². The third-order valence-electron chi connectivity index (χ3n) is 4.48. The van der Waals surface area contributed by atoms with E-state index in [1.807, 2.05) is 48.5 Å². The van der Waals surface area contributed by atoms with E-state index in [4.69, 9.17) is 5.73 Å². The first kappa shape index (κ1) is 14.8.